The van der Waals surface area contributed by atoms with Gasteiger partial charge >= 0.3 is 0 Å². The molecule has 0 radical (unpaired) electrons. The predicted octanol–water partition coefficient (Wildman–Crippen LogP) is 3.58. The SMILES string of the molecule is Cc1nc(C(C)(C)F)oc1C(=O)N1CCc2nc[nH]c2C1.Fc1cccn2nccc12. The first kappa shape index (κ1) is 20.7. The molecule has 0 aliphatic carbocycles. The first-order chi connectivity index (χ1) is 14.7. The van der Waals surface area contributed by atoms with Crippen molar-refractivity contribution in [2.45, 2.75) is 39.4 Å². The van der Waals surface area contributed by atoms with Crippen molar-refractivity contribution in [3.8, 4) is 0 Å². The topological polar surface area (TPSA) is 92.3 Å². The molecule has 5 rings (SSSR count). The van der Waals surface area contributed by atoms with Crippen molar-refractivity contribution in [3.05, 3.63) is 71.5 Å². The number of aromatic nitrogens is 5. The van der Waals surface area contributed by atoms with Crippen LogP contribution in [0.1, 0.15) is 47.4 Å². The second-order valence-electron chi connectivity index (χ2n) is 7.73. The summed E-state index contributed by atoms with van der Waals surface area (Å²) in [4.78, 5) is 25.4. The van der Waals surface area contributed by atoms with E-state index >= 15 is 0 Å². The van der Waals surface area contributed by atoms with Crippen LogP contribution in [0, 0.1) is 12.7 Å². The Bertz CT molecular complexity index is 1220. The molecule has 0 aromatic carbocycles. The van der Waals surface area contributed by atoms with Gasteiger partial charge in [-0.15, -0.1) is 0 Å². The van der Waals surface area contributed by atoms with E-state index in [1.54, 1.807) is 42.7 Å². The molecular weight excluding hydrogens is 406 g/mol. The monoisotopic (exact) mass is 428 g/mol. The molecular formula is C21H22F2N6O2. The van der Waals surface area contributed by atoms with Gasteiger partial charge in [-0.3, -0.25) is 4.79 Å². The molecule has 31 heavy (non-hydrogen) atoms. The highest BCUT2D eigenvalue weighted by Gasteiger charge is 2.32. The van der Waals surface area contributed by atoms with Gasteiger partial charge in [-0.25, -0.2) is 23.3 Å². The molecule has 0 unspecified atom stereocenters. The van der Waals surface area contributed by atoms with E-state index in [9.17, 15) is 13.6 Å². The van der Waals surface area contributed by atoms with Crippen molar-refractivity contribution in [1.82, 2.24) is 29.5 Å². The number of H-pyrrole nitrogens is 1. The summed E-state index contributed by atoms with van der Waals surface area (Å²) in [6.07, 6.45) is 5.60. The molecule has 8 nitrogen and oxygen atoms in total. The zero-order valence-electron chi connectivity index (χ0n) is 17.4. The molecule has 0 saturated heterocycles. The minimum Gasteiger partial charge on any atom is -0.432 e. The lowest BCUT2D eigenvalue weighted by Crippen LogP contribution is -2.36. The zero-order chi connectivity index (χ0) is 22.2. The van der Waals surface area contributed by atoms with Crippen LogP contribution in [0.3, 0.4) is 0 Å². The fourth-order valence-corrected chi connectivity index (χ4v) is 3.30. The van der Waals surface area contributed by atoms with Gasteiger partial charge in [0.2, 0.25) is 11.7 Å². The number of carbonyl (C=O) groups excluding carboxylic acids is 1. The second kappa shape index (κ2) is 7.93. The van der Waals surface area contributed by atoms with E-state index in [0.29, 0.717) is 30.7 Å². The number of amides is 1. The van der Waals surface area contributed by atoms with Gasteiger partial charge in [0.25, 0.3) is 5.91 Å². The van der Waals surface area contributed by atoms with Crippen LogP contribution in [-0.2, 0) is 18.6 Å². The van der Waals surface area contributed by atoms with E-state index < -0.39 is 5.67 Å². The van der Waals surface area contributed by atoms with Crippen molar-refractivity contribution < 1.29 is 18.0 Å². The van der Waals surface area contributed by atoms with Gasteiger partial charge in [0.15, 0.2) is 5.67 Å². The van der Waals surface area contributed by atoms with Crippen LogP contribution in [0.4, 0.5) is 8.78 Å². The van der Waals surface area contributed by atoms with E-state index in [1.165, 1.54) is 24.4 Å². The Morgan fingerprint density at radius 2 is 2.13 bits per heavy atom. The van der Waals surface area contributed by atoms with Gasteiger partial charge in [0.05, 0.1) is 36.2 Å². The maximum Gasteiger partial charge on any atom is 0.291 e. The molecule has 10 heteroatoms. The molecule has 0 saturated carbocycles. The highest BCUT2D eigenvalue weighted by atomic mass is 19.1. The maximum atomic E-state index is 13.9. The number of nitrogens with one attached hydrogen (secondary N) is 1. The lowest BCUT2D eigenvalue weighted by Gasteiger charge is -2.25. The number of fused-ring (bicyclic) bond motifs is 2. The summed E-state index contributed by atoms with van der Waals surface area (Å²) in [5.74, 6) is -0.461. The van der Waals surface area contributed by atoms with Crippen LogP contribution in [0.15, 0.2) is 41.3 Å². The van der Waals surface area contributed by atoms with E-state index in [1.807, 2.05) is 0 Å². The van der Waals surface area contributed by atoms with Crippen LogP contribution in [0.2, 0.25) is 0 Å². The van der Waals surface area contributed by atoms with Crippen LogP contribution < -0.4 is 0 Å². The quantitative estimate of drug-likeness (QED) is 0.527. The van der Waals surface area contributed by atoms with Crippen LogP contribution in [-0.4, -0.2) is 41.9 Å². The van der Waals surface area contributed by atoms with Gasteiger partial charge in [-0.05, 0) is 39.0 Å². The normalized spacial score (nSPS) is 13.6. The molecule has 5 heterocycles. The average molecular weight is 428 g/mol. The van der Waals surface area contributed by atoms with Crippen molar-refractivity contribution in [2.75, 3.05) is 6.54 Å². The zero-order valence-corrected chi connectivity index (χ0v) is 17.4. The highest BCUT2D eigenvalue weighted by molar-refractivity contribution is 5.92. The molecule has 4 aromatic rings. The Hall–Kier alpha value is -3.56. The molecule has 4 aromatic heterocycles. The first-order valence-corrected chi connectivity index (χ1v) is 9.79. The Kier molecular flexibility index (Phi) is 5.30. The summed E-state index contributed by atoms with van der Waals surface area (Å²) >= 11 is 0. The summed E-state index contributed by atoms with van der Waals surface area (Å²) < 4.78 is 33.5. The van der Waals surface area contributed by atoms with E-state index in [0.717, 1.165) is 11.4 Å². The molecule has 0 atom stereocenters. The van der Waals surface area contributed by atoms with E-state index in [-0.39, 0.29) is 23.4 Å². The Labute approximate surface area is 176 Å². The molecule has 1 aliphatic heterocycles. The number of alkyl halides is 1. The fraction of sp³-hybridized carbons (Fsp3) is 0.333. The first-order valence-electron chi connectivity index (χ1n) is 9.79. The molecule has 0 spiro atoms. The van der Waals surface area contributed by atoms with Gasteiger partial charge in [-0.1, -0.05) is 0 Å². The second-order valence-corrected chi connectivity index (χ2v) is 7.73. The molecule has 1 N–H and O–H groups in total. The molecule has 0 fully saturated rings. The summed E-state index contributed by atoms with van der Waals surface area (Å²) in [5, 5.41) is 3.86. The summed E-state index contributed by atoms with van der Waals surface area (Å²) in [7, 11) is 0. The van der Waals surface area contributed by atoms with Gasteiger partial charge in [-0.2, -0.15) is 5.10 Å². The smallest absolute Gasteiger partial charge is 0.291 e. The Morgan fingerprint density at radius 3 is 2.84 bits per heavy atom. The van der Waals surface area contributed by atoms with Gasteiger partial charge < -0.3 is 14.3 Å². The van der Waals surface area contributed by atoms with E-state index in [2.05, 4.69) is 20.1 Å². The number of aromatic amines is 1. The number of pyridine rings is 1. The minimum atomic E-state index is -1.71. The largest absolute Gasteiger partial charge is 0.432 e. The third kappa shape index (κ3) is 4.18. The minimum absolute atomic E-state index is 0.0670. The lowest BCUT2D eigenvalue weighted by molar-refractivity contribution is 0.0687. The number of nitrogens with zero attached hydrogens (tertiary/aromatic N) is 5. The van der Waals surface area contributed by atoms with Crippen LogP contribution in [0.25, 0.3) is 5.52 Å². The Morgan fingerprint density at radius 1 is 1.32 bits per heavy atom. The molecule has 1 aliphatic rings. The van der Waals surface area contributed by atoms with Crippen LogP contribution in [0.5, 0.6) is 0 Å². The summed E-state index contributed by atoms with van der Waals surface area (Å²) in [5.41, 5.74) is 1.14. The van der Waals surface area contributed by atoms with Gasteiger partial charge in [0, 0.05) is 19.2 Å². The molecule has 162 valence electrons. The number of hydrogen-bond acceptors (Lipinski definition) is 5. The van der Waals surface area contributed by atoms with Crippen molar-refractivity contribution in [3.63, 3.8) is 0 Å². The number of imidazole rings is 1. The maximum absolute atomic E-state index is 13.9. The third-order valence-electron chi connectivity index (χ3n) is 4.95. The Balaban J connectivity index is 0.000000192. The van der Waals surface area contributed by atoms with Gasteiger partial charge in [0.1, 0.15) is 11.3 Å². The summed E-state index contributed by atoms with van der Waals surface area (Å²) in [6, 6.07) is 4.67. The number of hydrogen-bond donors (Lipinski definition) is 1. The number of rotatable bonds is 2. The molecule has 1 amide bonds. The van der Waals surface area contributed by atoms with Crippen molar-refractivity contribution in [1.29, 1.82) is 0 Å². The lowest BCUT2D eigenvalue weighted by atomic mass is 10.1. The van der Waals surface area contributed by atoms with Crippen molar-refractivity contribution >= 4 is 11.4 Å². The number of carbonyl (C=O) groups is 1. The van der Waals surface area contributed by atoms with Crippen molar-refractivity contribution in [2.24, 2.45) is 0 Å². The highest BCUT2D eigenvalue weighted by Crippen LogP contribution is 2.27. The summed E-state index contributed by atoms with van der Waals surface area (Å²) in [6.45, 7) is 5.36. The fourth-order valence-electron chi connectivity index (χ4n) is 3.30. The van der Waals surface area contributed by atoms with Crippen LogP contribution >= 0.6 is 0 Å². The standard InChI is InChI=1S/C14H17FN4O2.C7H5FN2/c1-8-11(21-13(18-8)14(2,3)15)12(20)19-5-4-9-10(6-19)17-7-16-9;8-6-2-1-5-10-7(6)3-4-9-10/h7H,4-6H2,1-3H3,(H,16,17);1-5H. The predicted molar refractivity (Wildman–Crippen MR) is 108 cm³/mol. The third-order valence-corrected chi connectivity index (χ3v) is 4.95. The number of halogens is 2. The average Bonchev–Trinajstić information content (AvgIpc) is 3.46. The molecule has 0 bridgehead atoms. The van der Waals surface area contributed by atoms with E-state index in [4.69, 9.17) is 4.42 Å². The number of aryl methyl sites for hydroxylation is 1. The number of oxazole rings is 1.